The molecular formula is C11H21N3O6S. The third kappa shape index (κ3) is 6.74. The zero-order valence-corrected chi connectivity index (χ0v) is 12.6. The van der Waals surface area contributed by atoms with Gasteiger partial charge < -0.3 is 20.5 Å². The van der Waals surface area contributed by atoms with Gasteiger partial charge in [-0.25, -0.2) is 22.7 Å². The van der Waals surface area contributed by atoms with Gasteiger partial charge in [0.1, 0.15) is 0 Å². The Kier molecular flexibility index (Phi) is 6.85. The number of carboxylic acids is 1. The van der Waals surface area contributed by atoms with Crippen LogP contribution in [0.4, 0.5) is 4.79 Å². The lowest BCUT2D eigenvalue weighted by molar-refractivity contribution is -0.149. The highest BCUT2D eigenvalue weighted by Crippen LogP contribution is 2.18. The van der Waals surface area contributed by atoms with Crippen molar-refractivity contribution in [1.82, 2.24) is 15.4 Å². The van der Waals surface area contributed by atoms with Crippen LogP contribution in [-0.4, -0.2) is 63.1 Å². The van der Waals surface area contributed by atoms with Gasteiger partial charge in [0.05, 0.1) is 11.9 Å². The predicted octanol–water partition coefficient (Wildman–Crippen LogP) is -1.14. The van der Waals surface area contributed by atoms with E-state index < -0.39 is 28.1 Å². The van der Waals surface area contributed by atoms with Gasteiger partial charge in [-0.2, -0.15) is 0 Å². The lowest BCUT2D eigenvalue weighted by Crippen LogP contribution is -2.42. The average Bonchev–Trinajstić information content (AvgIpc) is 2.85. The second-order valence-electron chi connectivity index (χ2n) is 4.62. The molecule has 2 amide bonds. The van der Waals surface area contributed by atoms with E-state index in [0.29, 0.717) is 19.4 Å². The Balaban J connectivity index is 2.16. The summed E-state index contributed by atoms with van der Waals surface area (Å²) in [5.41, 5.74) is 0. The summed E-state index contributed by atoms with van der Waals surface area (Å²) in [4.78, 5) is 22.1. The second-order valence-corrected chi connectivity index (χ2v) is 6.54. The number of hydrogen-bond acceptors (Lipinski definition) is 5. The summed E-state index contributed by atoms with van der Waals surface area (Å²) in [6.07, 6.45) is -0.163. The predicted molar refractivity (Wildman–Crippen MR) is 74.4 cm³/mol. The van der Waals surface area contributed by atoms with E-state index in [9.17, 15) is 18.0 Å². The van der Waals surface area contributed by atoms with E-state index in [2.05, 4.69) is 15.4 Å². The van der Waals surface area contributed by atoms with Crippen LogP contribution in [0.5, 0.6) is 0 Å². The monoisotopic (exact) mass is 323 g/mol. The van der Waals surface area contributed by atoms with Gasteiger partial charge in [0.15, 0.2) is 6.10 Å². The molecule has 0 aromatic heterocycles. The minimum Gasteiger partial charge on any atom is -0.479 e. The molecule has 1 fully saturated rings. The highest BCUT2D eigenvalue weighted by Gasteiger charge is 2.30. The molecule has 4 N–H and O–H groups in total. The molecule has 21 heavy (non-hydrogen) atoms. The molecule has 0 bridgehead atoms. The Morgan fingerprint density at radius 3 is 2.57 bits per heavy atom. The molecule has 1 aliphatic rings. The van der Waals surface area contributed by atoms with Crippen LogP contribution in [-0.2, 0) is 19.6 Å². The number of carbonyl (C=O) groups is 2. The summed E-state index contributed by atoms with van der Waals surface area (Å²) in [5, 5.41) is 13.7. The van der Waals surface area contributed by atoms with Gasteiger partial charge >= 0.3 is 12.0 Å². The van der Waals surface area contributed by atoms with Gasteiger partial charge in [0.25, 0.3) is 0 Å². The van der Waals surface area contributed by atoms with E-state index in [4.69, 9.17) is 9.84 Å². The van der Waals surface area contributed by atoms with Crippen molar-refractivity contribution < 1.29 is 27.9 Å². The van der Waals surface area contributed by atoms with Gasteiger partial charge in [-0.3, -0.25) is 0 Å². The summed E-state index contributed by atoms with van der Waals surface area (Å²) in [7, 11) is -3.36. The first-order valence-corrected chi connectivity index (χ1v) is 8.36. The van der Waals surface area contributed by atoms with E-state index in [-0.39, 0.29) is 24.9 Å². The molecule has 10 heteroatoms. The van der Waals surface area contributed by atoms with Crippen LogP contribution in [0.25, 0.3) is 0 Å². The fraction of sp³-hybridized carbons (Fsp3) is 0.818. The van der Waals surface area contributed by atoms with Crippen molar-refractivity contribution in [2.75, 3.05) is 25.4 Å². The molecule has 0 aromatic rings. The summed E-state index contributed by atoms with van der Waals surface area (Å²) < 4.78 is 30.2. The van der Waals surface area contributed by atoms with Gasteiger partial charge in [-0.15, -0.1) is 0 Å². The highest BCUT2D eigenvalue weighted by molar-refractivity contribution is 7.89. The van der Waals surface area contributed by atoms with Gasteiger partial charge in [-0.1, -0.05) is 6.92 Å². The standard InChI is InChI=1S/C11H21N3O6S/c1-2-14-21(18,19)6-5-12-11(17)13-7-8-3-4-9(20-8)10(15)16/h8-9,14H,2-7H2,1H3,(H,15,16)(H2,12,13,17). The van der Waals surface area contributed by atoms with E-state index >= 15 is 0 Å². The lowest BCUT2D eigenvalue weighted by Gasteiger charge is -2.13. The fourth-order valence-electron chi connectivity index (χ4n) is 1.90. The van der Waals surface area contributed by atoms with Crippen molar-refractivity contribution >= 4 is 22.0 Å². The molecule has 9 nitrogen and oxygen atoms in total. The van der Waals surface area contributed by atoms with Gasteiger partial charge in [0, 0.05) is 19.6 Å². The van der Waals surface area contributed by atoms with Crippen LogP contribution in [0.2, 0.25) is 0 Å². The summed E-state index contributed by atoms with van der Waals surface area (Å²) >= 11 is 0. The molecule has 1 aliphatic heterocycles. The van der Waals surface area contributed by atoms with Crippen molar-refractivity contribution in [3.05, 3.63) is 0 Å². The Labute approximate surface area is 123 Å². The first-order chi connectivity index (χ1) is 9.84. The molecule has 0 aliphatic carbocycles. The average molecular weight is 323 g/mol. The number of hydrogen-bond donors (Lipinski definition) is 4. The maximum absolute atomic E-state index is 11.4. The Morgan fingerprint density at radius 2 is 2.00 bits per heavy atom. The molecular weight excluding hydrogens is 302 g/mol. The Bertz CT molecular complexity index is 467. The first-order valence-electron chi connectivity index (χ1n) is 6.71. The summed E-state index contributed by atoms with van der Waals surface area (Å²) in [5.74, 6) is -1.20. The number of amides is 2. The van der Waals surface area contributed by atoms with Crippen molar-refractivity contribution in [2.45, 2.75) is 32.0 Å². The normalized spacial score (nSPS) is 22.0. The van der Waals surface area contributed by atoms with Crippen LogP contribution in [0.3, 0.4) is 0 Å². The molecule has 0 aromatic carbocycles. The lowest BCUT2D eigenvalue weighted by atomic mass is 10.2. The smallest absolute Gasteiger partial charge is 0.332 e. The summed E-state index contributed by atoms with van der Waals surface area (Å²) in [6, 6.07) is -0.510. The zero-order valence-electron chi connectivity index (χ0n) is 11.8. The van der Waals surface area contributed by atoms with E-state index in [1.165, 1.54) is 0 Å². The molecule has 0 radical (unpaired) electrons. The molecule has 2 atom stereocenters. The number of carbonyl (C=O) groups excluding carboxylic acids is 1. The highest BCUT2D eigenvalue weighted by atomic mass is 32.2. The zero-order chi connectivity index (χ0) is 15.9. The SMILES string of the molecule is CCNS(=O)(=O)CCNC(=O)NCC1CCC(C(=O)O)O1. The number of nitrogens with one attached hydrogen (secondary N) is 3. The number of rotatable bonds is 8. The third-order valence-electron chi connectivity index (χ3n) is 2.89. The number of sulfonamides is 1. The second kappa shape index (κ2) is 8.15. The van der Waals surface area contributed by atoms with Crippen molar-refractivity contribution in [1.29, 1.82) is 0 Å². The number of urea groups is 1. The maximum Gasteiger partial charge on any atom is 0.332 e. The van der Waals surface area contributed by atoms with Crippen LogP contribution < -0.4 is 15.4 Å². The number of carboxylic acid groups (broad SMARTS) is 1. The van der Waals surface area contributed by atoms with Crippen LogP contribution in [0.15, 0.2) is 0 Å². The Hall–Kier alpha value is -1.39. The number of aliphatic carboxylic acids is 1. The number of ether oxygens (including phenoxy) is 1. The summed E-state index contributed by atoms with van der Waals surface area (Å²) in [6.45, 7) is 2.15. The largest absolute Gasteiger partial charge is 0.479 e. The van der Waals surface area contributed by atoms with Crippen molar-refractivity contribution in [3.8, 4) is 0 Å². The maximum atomic E-state index is 11.4. The van der Waals surface area contributed by atoms with Crippen LogP contribution in [0.1, 0.15) is 19.8 Å². The molecule has 0 saturated carbocycles. The van der Waals surface area contributed by atoms with Crippen LogP contribution >= 0.6 is 0 Å². The topological polar surface area (TPSA) is 134 Å². The van der Waals surface area contributed by atoms with Crippen molar-refractivity contribution in [3.63, 3.8) is 0 Å². The minimum absolute atomic E-state index is 0.00948. The van der Waals surface area contributed by atoms with Crippen LogP contribution in [0, 0.1) is 0 Å². The molecule has 0 spiro atoms. The van der Waals surface area contributed by atoms with Gasteiger partial charge in [0.2, 0.25) is 10.0 Å². The fourth-order valence-corrected chi connectivity index (χ4v) is 2.85. The minimum atomic E-state index is -3.36. The Morgan fingerprint density at radius 1 is 1.29 bits per heavy atom. The van der Waals surface area contributed by atoms with Crippen molar-refractivity contribution in [2.24, 2.45) is 0 Å². The van der Waals surface area contributed by atoms with E-state index in [1.807, 2.05) is 0 Å². The molecule has 2 unspecified atom stereocenters. The first kappa shape index (κ1) is 17.7. The third-order valence-corrected chi connectivity index (χ3v) is 4.36. The van der Waals surface area contributed by atoms with E-state index in [1.54, 1.807) is 6.92 Å². The van der Waals surface area contributed by atoms with Gasteiger partial charge in [-0.05, 0) is 12.8 Å². The molecule has 1 heterocycles. The molecule has 1 rings (SSSR count). The quantitative estimate of drug-likeness (QED) is 0.446. The molecule has 122 valence electrons. The van der Waals surface area contributed by atoms with E-state index in [0.717, 1.165) is 0 Å². The molecule has 1 saturated heterocycles.